The smallest absolute Gasteiger partial charge is 0.291 e. The number of carbonyl (C=O) groups excluding carboxylic acids is 2. The van der Waals surface area contributed by atoms with Crippen molar-refractivity contribution in [2.45, 2.75) is 12.8 Å². The molecule has 3 aromatic rings. The van der Waals surface area contributed by atoms with Crippen LogP contribution in [-0.2, 0) is 11.2 Å². The molecule has 2 N–H and O–H groups in total. The maximum atomic E-state index is 12.5. The molecule has 0 saturated carbocycles. The maximum absolute atomic E-state index is 12.5. The zero-order valence-corrected chi connectivity index (χ0v) is 17.5. The number of anilines is 1. The van der Waals surface area contributed by atoms with Gasteiger partial charge in [-0.3, -0.25) is 9.59 Å². The van der Waals surface area contributed by atoms with E-state index in [2.05, 4.69) is 22.8 Å². The fourth-order valence-corrected chi connectivity index (χ4v) is 3.38. The number of hydrogen-bond donors (Lipinski definition) is 2. The summed E-state index contributed by atoms with van der Waals surface area (Å²) in [6, 6.07) is 22.2. The molecule has 3 aromatic carbocycles. The van der Waals surface area contributed by atoms with Gasteiger partial charge < -0.3 is 15.4 Å². The molecule has 0 unspecified atom stereocenters. The minimum Gasteiger partial charge on any atom is -0.449 e. The zero-order chi connectivity index (χ0) is 21.6. The molecule has 0 spiro atoms. The van der Waals surface area contributed by atoms with Crippen LogP contribution in [0.2, 0.25) is 5.02 Å². The summed E-state index contributed by atoms with van der Waals surface area (Å²) in [5.41, 5.74) is 2.97. The van der Waals surface area contributed by atoms with E-state index >= 15 is 0 Å². The van der Waals surface area contributed by atoms with Crippen LogP contribution in [0.4, 0.5) is 5.69 Å². The van der Waals surface area contributed by atoms with Gasteiger partial charge in [0.25, 0.3) is 11.8 Å². The van der Waals surface area contributed by atoms with Crippen LogP contribution in [0.25, 0.3) is 6.08 Å². The van der Waals surface area contributed by atoms with E-state index in [0.717, 1.165) is 18.4 Å². The van der Waals surface area contributed by atoms with Crippen molar-refractivity contribution >= 4 is 35.2 Å². The first-order chi connectivity index (χ1) is 15.1. The first kappa shape index (κ1) is 20.7. The molecular weight excluding hydrogens is 412 g/mol. The monoisotopic (exact) mass is 432 g/mol. The van der Waals surface area contributed by atoms with Crippen LogP contribution in [-0.4, -0.2) is 18.4 Å². The van der Waals surface area contributed by atoms with Crippen molar-refractivity contribution in [1.82, 2.24) is 5.32 Å². The Morgan fingerprint density at radius 2 is 1.81 bits per heavy atom. The number of aryl methyl sites for hydroxylation is 1. The van der Waals surface area contributed by atoms with Gasteiger partial charge in [-0.05, 0) is 60.4 Å². The number of nitrogens with one attached hydrogen (secondary N) is 2. The Labute approximate surface area is 185 Å². The summed E-state index contributed by atoms with van der Waals surface area (Å²) < 4.78 is 5.75. The van der Waals surface area contributed by atoms with Gasteiger partial charge in [0.1, 0.15) is 0 Å². The van der Waals surface area contributed by atoms with Crippen molar-refractivity contribution in [3.63, 3.8) is 0 Å². The zero-order valence-electron chi connectivity index (χ0n) is 16.7. The van der Waals surface area contributed by atoms with Gasteiger partial charge in [0.15, 0.2) is 11.5 Å². The molecule has 0 atom stereocenters. The lowest BCUT2D eigenvalue weighted by Crippen LogP contribution is -2.26. The van der Waals surface area contributed by atoms with Crippen LogP contribution in [0.5, 0.6) is 5.75 Å². The van der Waals surface area contributed by atoms with Gasteiger partial charge in [-0.25, -0.2) is 0 Å². The number of rotatable bonds is 6. The van der Waals surface area contributed by atoms with E-state index in [1.807, 2.05) is 18.2 Å². The molecule has 156 valence electrons. The summed E-state index contributed by atoms with van der Waals surface area (Å²) in [4.78, 5) is 24.9. The third-order valence-corrected chi connectivity index (χ3v) is 5.12. The molecule has 6 heteroatoms. The fraction of sp³-hybridized carbons (Fsp3) is 0.120. The Balaban J connectivity index is 1.37. The lowest BCUT2D eigenvalue weighted by molar-refractivity contribution is -0.115. The SMILES string of the molecule is O=C1Nc2cc(C(=O)NCCCc3ccccc3)ccc2O/C1=C/c1ccc(Cl)cc1. The quantitative estimate of drug-likeness (QED) is 0.422. The highest BCUT2D eigenvalue weighted by Crippen LogP contribution is 2.32. The Morgan fingerprint density at radius 3 is 2.58 bits per heavy atom. The molecule has 4 rings (SSSR count). The number of hydrogen-bond acceptors (Lipinski definition) is 3. The molecule has 5 nitrogen and oxygen atoms in total. The predicted octanol–water partition coefficient (Wildman–Crippen LogP) is 5.07. The number of benzene rings is 3. The molecule has 0 aromatic heterocycles. The van der Waals surface area contributed by atoms with Crippen LogP contribution in [0.1, 0.15) is 27.9 Å². The van der Waals surface area contributed by atoms with Crippen molar-refractivity contribution in [2.75, 3.05) is 11.9 Å². The first-order valence-electron chi connectivity index (χ1n) is 10.0. The van der Waals surface area contributed by atoms with Gasteiger partial charge in [0, 0.05) is 17.1 Å². The molecule has 0 bridgehead atoms. The Morgan fingerprint density at radius 1 is 1.03 bits per heavy atom. The molecule has 2 amide bonds. The van der Waals surface area contributed by atoms with Crippen molar-refractivity contribution < 1.29 is 14.3 Å². The lowest BCUT2D eigenvalue weighted by atomic mass is 10.1. The Hall–Kier alpha value is -3.57. The predicted molar refractivity (Wildman–Crippen MR) is 122 cm³/mol. The molecule has 0 fully saturated rings. The van der Waals surface area contributed by atoms with Crippen molar-refractivity contribution in [3.05, 3.63) is 100 Å². The van der Waals surface area contributed by atoms with E-state index in [9.17, 15) is 9.59 Å². The van der Waals surface area contributed by atoms with E-state index in [4.69, 9.17) is 16.3 Å². The second-order valence-electron chi connectivity index (χ2n) is 7.17. The molecule has 1 aliphatic heterocycles. The van der Waals surface area contributed by atoms with Gasteiger partial charge in [-0.1, -0.05) is 54.1 Å². The minimum atomic E-state index is -0.372. The average Bonchev–Trinajstić information content (AvgIpc) is 2.79. The standard InChI is InChI=1S/C25H21ClN2O3/c26-20-11-8-18(9-12-20)15-23-25(30)28-21-16-19(10-13-22(21)31-23)24(29)27-14-4-7-17-5-2-1-3-6-17/h1-3,5-6,8-13,15-16H,4,7,14H2,(H,27,29)(H,28,30)/b23-15+. The Kier molecular flexibility index (Phi) is 6.34. The number of ether oxygens (including phenoxy) is 1. The molecule has 31 heavy (non-hydrogen) atoms. The topological polar surface area (TPSA) is 67.4 Å². The van der Waals surface area contributed by atoms with Gasteiger partial charge in [0.2, 0.25) is 0 Å². The van der Waals surface area contributed by atoms with Gasteiger partial charge >= 0.3 is 0 Å². The van der Waals surface area contributed by atoms with E-state index in [-0.39, 0.29) is 17.6 Å². The van der Waals surface area contributed by atoms with Crippen molar-refractivity contribution in [2.24, 2.45) is 0 Å². The average molecular weight is 433 g/mol. The number of fused-ring (bicyclic) bond motifs is 1. The molecule has 1 heterocycles. The highest BCUT2D eigenvalue weighted by molar-refractivity contribution is 6.30. The fourth-order valence-electron chi connectivity index (χ4n) is 3.25. The van der Waals surface area contributed by atoms with E-state index < -0.39 is 0 Å². The second kappa shape index (κ2) is 9.49. The normalized spacial score (nSPS) is 13.8. The summed E-state index contributed by atoms with van der Waals surface area (Å²) in [5, 5.41) is 6.32. The summed E-state index contributed by atoms with van der Waals surface area (Å²) in [5.74, 6) is 0.101. The molecule has 1 aliphatic rings. The number of halogens is 1. The van der Waals surface area contributed by atoms with Crippen molar-refractivity contribution in [1.29, 1.82) is 0 Å². The van der Waals surface area contributed by atoms with Gasteiger partial charge in [0.05, 0.1) is 5.69 Å². The first-order valence-corrected chi connectivity index (χ1v) is 10.4. The van der Waals surface area contributed by atoms with Crippen LogP contribution in [0, 0.1) is 0 Å². The van der Waals surface area contributed by atoms with Crippen molar-refractivity contribution in [3.8, 4) is 5.75 Å². The Bertz CT molecular complexity index is 1130. The maximum Gasteiger partial charge on any atom is 0.291 e. The third-order valence-electron chi connectivity index (χ3n) is 4.87. The molecule has 0 aliphatic carbocycles. The summed E-state index contributed by atoms with van der Waals surface area (Å²) in [6.07, 6.45) is 3.39. The highest BCUT2D eigenvalue weighted by Gasteiger charge is 2.23. The molecular formula is C25H21ClN2O3. The minimum absolute atomic E-state index is 0.174. The second-order valence-corrected chi connectivity index (χ2v) is 7.61. The summed E-state index contributed by atoms with van der Waals surface area (Å²) in [6.45, 7) is 0.571. The van der Waals surface area contributed by atoms with Crippen LogP contribution in [0.15, 0.2) is 78.6 Å². The molecule has 0 radical (unpaired) electrons. The molecule has 0 saturated heterocycles. The van der Waals surface area contributed by atoms with Crippen LogP contribution in [0.3, 0.4) is 0 Å². The lowest BCUT2D eigenvalue weighted by Gasteiger charge is -2.20. The number of carbonyl (C=O) groups is 2. The van der Waals surface area contributed by atoms with Gasteiger partial charge in [-0.15, -0.1) is 0 Å². The highest BCUT2D eigenvalue weighted by atomic mass is 35.5. The third kappa shape index (κ3) is 5.32. The largest absolute Gasteiger partial charge is 0.449 e. The number of amides is 2. The van der Waals surface area contributed by atoms with E-state index in [0.29, 0.717) is 28.6 Å². The van der Waals surface area contributed by atoms with Gasteiger partial charge in [-0.2, -0.15) is 0 Å². The summed E-state index contributed by atoms with van der Waals surface area (Å²) in [7, 11) is 0. The van der Waals surface area contributed by atoms with E-state index in [1.165, 1.54) is 5.56 Å². The van der Waals surface area contributed by atoms with Crippen LogP contribution >= 0.6 is 11.6 Å². The van der Waals surface area contributed by atoms with Crippen LogP contribution < -0.4 is 15.4 Å². The van der Waals surface area contributed by atoms with E-state index in [1.54, 1.807) is 48.5 Å². The summed E-state index contributed by atoms with van der Waals surface area (Å²) >= 11 is 5.89.